The Labute approximate surface area is 148 Å². The van der Waals surface area contributed by atoms with E-state index in [1.807, 2.05) is 12.1 Å². The first-order chi connectivity index (χ1) is 12.2. The first kappa shape index (κ1) is 15.9. The van der Waals surface area contributed by atoms with Gasteiger partial charge in [0.2, 0.25) is 5.95 Å². The van der Waals surface area contributed by atoms with Crippen LogP contribution in [0, 0.1) is 11.8 Å². The van der Waals surface area contributed by atoms with Crippen LogP contribution in [0.4, 0.5) is 17.5 Å². The summed E-state index contributed by atoms with van der Waals surface area (Å²) in [6.07, 6.45) is 4.67. The van der Waals surface area contributed by atoms with Crippen molar-refractivity contribution >= 4 is 17.5 Å². The molecule has 130 valence electrons. The quantitative estimate of drug-likeness (QED) is 0.726. The molecule has 0 bridgehead atoms. The molecule has 0 saturated heterocycles. The summed E-state index contributed by atoms with van der Waals surface area (Å²) < 4.78 is 0. The third-order valence-electron chi connectivity index (χ3n) is 5.24. The standard InChI is InChI=1S/C19H24N6/c1-11-8-9-13(12(2)10-11)17-21-15-7-5-4-6-14(15)16-18(22-17)23-19(20-3)25-24-16/h4-8,12-13,17,21H,9-10H2,1-3H3,(H2,20,22,23,25). The van der Waals surface area contributed by atoms with Crippen LogP contribution in [-0.2, 0) is 0 Å². The van der Waals surface area contributed by atoms with Crippen molar-refractivity contribution in [2.24, 2.45) is 11.8 Å². The summed E-state index contributed by atoms with van der Waals surface area (Å²) in [4.78, 5) is 4.62. The SMILES string of the molecule is CNc1nnc2c(n1)NC(C1CC=C(C)CC1C)Nc1ccccc1-2. The van der Waals surface area contributed by atoms with Gasteiger partial charge in [-0.2, -0.15) is 4.98 Å². The molecule has 6 nitrogen and oxygen atoms in total. The lowest BCUT2D eigenvalue weighted by atomic mass is 9.79. The first-order valence-electron chi connectivity index (χ1n) is 8.86. The summed E-state index contributed by atoms with van der Waals surface area (Å²) in [5.74, 6) is 2.38. The third kappa shape index (κ3) is 2.92. The van der Waals surface area contributed by atoms with E-state index < -0.39 is 0 Å². The summed E-state index contributed by atoms with van der Waals surface area (Å²) in [6, 6.07) is 8.23. The minimum Gasteiger partial charge on any atom is -0.365 e. The van der Waals surface area contributed by atoms with Crippen molar-refractivity contribution in [3.05, 3.63) is 35.9 Å². The molecule has 1 aliphatic heterocycles. The number of nitrogens with one attached hydrogen (secondary N) is 3. The minimum atomic E-state index is 0.100. The number of rotatable bonds is 2. The van der Waals surface area contributed by atoms with Gasteiger partial charge in [-0.3, -0.25) is 0 Å². The molecular weight excluding hydrogens is 312 g/mol. The van der Waals surface area contributed by atoms with Crippen LogP contribution in [0.1, 0.15) is 26.7 Å². The molecule has 3 N–H and O–H groups in total. The van der Waals surface area contributed by atoms with Gasteiger partial charge in [0.1, 0.15) is 11.9 Å². The van der Waals surface area contributed by atoms with Gasteiger partial charge in [0.05, 0.1) is 0 Å². The summed E-state index contributed by atoms with van der Waals surface area (Å²) in [7, 11) is 1.81. The lowest BCUT2D eigenvalue weighted by Crippen LogP contribution is -2.40. The predicted molar refractivity (Wildman–Crippen MR) is 101 cm³/mol. The van der Waals surface area contributed by atoms with Crippen molar-refractivity contribution in [2.45, 2.75) is 32.9 Å². The highest BCUT2D eigenvalue weighted by Gasteiger charge is 2.32. The molecule has 3 unspecified atom stereocenters. The van der Waals surface area contributed by atoms with Gasteiger partial charge in [-0.25, -0.2) is 0 Å². The van der Waals surface area contributed by atoms with Gasteiger partial charge in [-0.15, -0.1) is 10.2 Å². The van der Waals surface area contributed by atoms with Crippen LogP contribution in [-0.4, -0.2) is 28.4 Å². The fraction of sp³-hybridized carbons (Fsp3) is 0.421. The topological polar surface area (TPSA) is 74.8 Å². The normalized spacial score (nSPS) is 24.8. The van der Waals surface area contributed by atoms with Crippen molar-refractivity contribution in [1.29, 1.82) is 0 Å². The number of nitrogens with zero attached hydrogens (tertiary/aromatic N) is 3. The van der Waals surface area contributed by atoms with E-state index in [0.29, 0.717) is 17.8 Å². The molecule has 0 spiro atoms. The average Bonchev–Trinajstić information content (AvgIpc) is 2.77. The Morgan fingerprint density at radius 3 is 2.80 bits per heavy atom. The minimum absolute atomic E-state index is 0.100. The van der Waals surface area contributed by atoms with Crippen LogP contribution < -0.4 is 16.0 Å². The molecule has 2 aliphatic rings. The van der Waals surface area contributed by atoms with E-state index in [4.69, 9.17) is 0 Å². The Balaban J connectivity index is 1.77. The molecule has 0 radical (unpaired) electrons. The summed E-state index contributed by atoms with van der Waals surface area (Å²) >= 11 is 0. The molecule has 1 aromatic carbocycles. The van der Waals surface area contributed by atoms with Crippen LogP contribution in [0.15, 0.2) is 35.9 Å². The lowest BCUT2D eigenvalue weighted by molar-refractivity contribution is 0.314. The largest absolute Gasteiger partial charge is 0.365 e. The summed E-state index contributed by atoms with van der Waals surface area (Å²) in [5.41, 5.74) is 4.38. The Hall–Kier alpha value is -2.63. The fourth-order valence-electron chi connectivity index (χ4n) is 3.87. The highest BCUT2D eigenvalue weighted by atomic mass is 15.3. The van der Waals surface area contributed by atoms with Gasteiger partial charge in [-0.1, -0.05) is 36.8 Å². The molecular formula is C19H24N6. The van der Waals surface area contributed by atoms with E-state index in [1.165, 1.54) is 5.57 Å². The van der Waals surface area contributed by atoms with Crippen LogP contribution >= 0.6 is 0 Å². The van der Waals surface area contributed by atoms with E-state index in [0.717, 1.165) is 35.6 Å². The highest BCUT2D eigenvalue weighted by molar-refractivity contribution is 5.84. The molecule has 0 amide bonds. The van der Waals surface area contributed by atoms with Crippen molar-refractivity contribution in [3.63, 3.8) is 0 Å². The maximum Gasteiger partial charge on any atom is 0.244 e. The first-order valence-corrected chi connectivity index (χ1v) is 8.86. The van der Waals surface area contributed by atoms with Crippen molar-refractivity contribution in [1.82, 2.24) is 15.2 Å². The predicted octanol–water partition coefficient (Wildman–Crippen LogP) is 3.74. The summed E-state index contributed by atoms with van der Waals surface area (Å²) in [5, 5.41) is 18.8. The molecule has 6 heteroatoms. The maximum absolute atomic E-state index is 4.62. The zero-order valence-corrected chi connectivity index (χ0v) is 14.9. The van der Waals surface area contributed by atoms with Crippen LogP contribution in [0.3, 0.4) is 0 Å². The van der Waals surface area contributed by atoms with Crippen molar-refractivity contribution < 1.29 is 0 Å². The van der Waals surface area contributed by atoms with Crippen molar-refractivity contribution in [3.8, 4) is 11.3 Å². The molecule has 2 heterocycles. The monoisotopic (exact) mass is 336 g/mol. The molecule has 25 heavy (non-hydrogen) atoms. The average molecular weight is 336 g/mol. The number of benzene rings is 1. The molecule has 1 aliphatic carbocycles. The molecule has 4 rings (SSSR count). The van der Waals surface area contributed by atoms with Crippen molar-refractivity contribution in [2.75, 3.05) is 23.0 Å². The van der Waals surface area contributed by atoms with E-state index in [-0.39, 0.29) is 6.17 Å². The van der Waals surface area contributed by atoms with Crippen LogP contribution in [0.2, 0.25) is 0 Å². The van der Waals surface area contributed by atoms with Crippen LogP contribution in [0.25, 0.3) is 11.3 Å². The van der Waals surface area contributed by atoms with E-state index in [9.17, 15) is 0 Å². The van der Waals surface area contributed by atoms with Gasteiger partial charge in [0, 0.05) is 24.2 Å². The second-order valence-corrected chi connectivity index (χ2v) is 7.03. The number of hydrogen-bond acceptors (Lipinski definition) is 6. The number of anilines is 3. The maximum atomic E-state index is 4.62. The van der Waals surface area contributed by atoms with E-state index >= 15 is 0 Å². The lowest BCUT2D eigenvalue weighted by Gasteiger charge is -2.35. The zero-order valence-electron chi connectivity index (χ0n) is 14.9. The molecule has 0 fully saturated rings. The number of aromatic nitrogens is 3. The van der Waals surface area contributed by atoms with E-state index in [1.54, 1.807) is 7.05 Å². The van der Waals surface area contributed by atoms with Gasteiger partial charge in [0.15, 0.2) is 5.82 Å². The Kier molecular flexibility index (Phi) is 4.03. The number of para-hydroxylation sites is 1. The second-order valence-electron chi connectivity index (χ2n) is 7.03. The number of allylic oxidation sites excluding steroid dienone is 2. The van der Waals surface area contributed by atoms with Gasteiger partial charge >= 0.3 is 0 Å². The highest BCUT2D eigenvalue weighted by Crippen LogP contribution is 2.39. The van der Waals surface area contributed by atoms with Gasteiger partial charge in [0.25, 0.3) is 0 Å². The number of hydrogen-bond donors (Lipinski definition) is 3. The number of fused-ring (bicyclic) bond motifs is 3. The molecule has 2 aromatic rings. The smallest absolute Gasteiger partial charge is 0.244 e. The van der Waals surface area contributed by atoms with E-state index in [2.05, 4.69) is 63.2 Å². The van der Waals surface area contributed by atoms with Gasteiger partial charge < -0.3 is 16.0 Å². The second kappa shape index (κ2) is 6.35. The Morgan fingerprint density at radius 1 is 1.16 bits per heavy atom. The molecule has 3 atom stereocenters. The third-order valence-corrected chi connectivity index (χ3v) is 5.24. The summed E-state index contributed by atoms with van der Waals surface area (Å²) in [6.45, 7) is 4.56. The molecule has 1 aromatic heterocycles. The zero-order chi connectivity index (χ0) is 17.4. The van der Waals surface area contributed by atoms with Crippen LogP contribution in [0.5, 0.6) is 0 Å². The fourth-order valence-corrected chi connectivity index (χ4v) is 3.87. The van der Waals surface area contributed by atoms with Gasteiger partial charge in [-0.05, 0) is 31.7 Å². The molecule has 0 saturated carbocycles. The Morgan fingerprint density at radius 2 is 2.00 bits per heavy atom. The Bertz CT molecular complexity index is 815.